The van der Waals surface area contributed by atoms with Crippen molar-refractivity contribution in [2.24, 2.45) is 0 Å². The van der Waals surface area contributed by atoms with Crippen LogP contribution in [0.1, 0.15) is 49.4 Å². The Hall–Kier alpha value is -2.08. The van der Waals surface area contributed by atoms with Gasteiger partial charge in [-0.15, -0.1) is 0 Å². The molecule has 0 unspecified atom stereocenters. The van der Waals surface area contributed by atoms with E-state index in [0.29, 0.717) is 5.02 Å². The number of esters is 1. The van der Waals surface area contributed by atoms with Gasteiger partial charge < -0.3 is 15.4 Å². The summed E-state index contributed by atoms with van der Waals surface area (Å²) in [6, 6.07) is 6.69. The zero-order valence-electron chi connectivity index (χ0n) is 14.2. The van der Waals surface area contributed by atoms with Crippen molar-refractivity contribution in [3.8, 4) is 0 Å². The zero-order valence-corrected chi connectivity index (χ0v) is 15.0. The number of nitrogens with one attached hydrogen (secondary N) is 2. The Morgan fingerprint density at radius 3 is 2.56 bits per heavy atom. The van der Waals surface area contributed by atoms with Crippen LogP contribution in [0.2, 0.25) is 5.02 Å². The van der Waals surface area contributed by atoms with Crippen molar-refractivity contribution >= 4 is 29.4 Å². The zero-order chi connectivity index (χ0) is 18.2. The van der Waals surface area contributed by atoms with Crippen LogP contribution in [0.15, 0.2) is 24.3 Å². The minimum absolute atomic E-state index is 0.155. The molecule has 0 heterocycles. The largest absolute Gasteiger partial charge is 0.451 e. The molecule has 2 amide bonds. The lowest BCUT2D eigenvalue weighted by Gasteiger charge is -2.24. The van der Waals surface area contributed by atoms with Crippen molar-refractivity contribution in [3.05, 3.63) is 34.9 Å². The van der Waals surface area contributed by atoms with Gasteiger partial charge in [0.05, 0.1) is 10.6 Å². The standard InChI is InChI=1S/C18H23ClN2O4/c1-12(17(23)21-13-7-3-2-4-8-13)25-16(22)11-20-18(24)14-9-5-6-10-15(14)19/h5-6,9-10,12-13H,2-4,7-8,11H2,1H3,(H,20,24)(H,21,23)/t12-/m1/s1. The number of hydrogen-bond donors (Lipinski definition) is 2. The number of carbonyl (C=O) groups excluding carboxylic acids is 3. The molecule has 1 fully saturated rings. The fourth-order valence-corrected chi connectivity index (χ4v) is 2.97. The minimum atomic E-state index is -0.897. The molecule has 1 aliphatic rings. The average Bonchev–Trinajstić information content (AvgIpc) is 2.61. The Kier molecular flexibility index (Phi) is 7.25. The van der Waals surface area contributed by atoms with Crippen LogP contribution in [0.4, 0.5) is 0 Å². The summed E-state index contributed by atoms with van der Waals surface area (Å²) in [5.74, 6) is -1.45. The van der Waals surface area contributed by atoms with E-state index in [9.17, 15) is 14.4 Å². The SMILES string of the molecule is C[C@@H](OC(=O)CNC(=O)c1ccccc1Cl)C(=O)NC1CCCCC1. The van der Waals surface area contributed by atoms with Crippen LogP contribution in [0.25, 0.3) is 0 Å². The van der Waals surface area contributed by atoms with Crippen molar-refractivity contribution < 1.29 is 19.1 Å². The third-order valence-corrected chi connectivity index (χ3v) is 4.47. The Morgan fingerprint density at radius 2 is 1.88 bits per heavy atom. The molecule has 2 N–H and O–H groups in total. The predicted octanol–water partition coefficient (Wildman–Crippen LogP) is 2.45. The molecule has 136 valence electrons. The normalized spacial score (nSPS) is 15.9. The highest BCUT2D eigenvalue weighted by molar-refractivity contribution is 6.33. The first-order valence-electron chi connectivity index (χ1n) is 8.50. The van der Waals surface area contributed by atoms with E-state index in [2.05, 4.69) is 10.6 Å². The molecule has 1 aromatic rings. The molecule has 1 aromatic carbocycles. The van der Waals surface area contributed by atoms with Gasteiger partial charge in [-0.05, 0) is 31.9 Å². The summed E-state index contributed by atoms with van der Waals surface area (Å²) >= 11 is 5.92. The molecule has 0 aliphatic heterocycles. The van der Waals surface area contributed by atoms with E-state index in [1.807, 2.05) is 0 Å². The lowest BCUT2D eigenvalue weighted by molar-refractivity contribution is -0.154. The summed E-state index contributed by atoms with van der Waals surface area (Å²) in [5.41, 5.74) is 0.278. The van der Waals surface area contributed by atoms with Gasteiger partial charge in [0.1, 0.15) is 6.54 Å². The van der Waals surface area contributed by atoms with Crippen LogP contribution in [0.3, 0.4) is 0 Å². The van der Waals surface area contributed by atoms with Crippen molar-refractivity contribution in [2.45, 2.75) is 51.2 Å². The second kappa shape index (κ2) is 9.42. The second-order valence-electron chi connectivity index (χ2n) is 6.14. The van der Waals surface area contributed by atoms with Crippen molar-refractivity contribution in [2.75, 3.05) is 6.54 Å². The summed E-state index contributed by atoms with van der Waals surface area (Å²) in [7, 11) is 0. The lowest BCUT2D eigenvalue weighted by atomic mass is 9.95. The van der Waals surface area contributed by atoms with E-state index < -0.39 is 18.0 Å². The van der Waals surface area contributed by atoms with Gasteiger partial charge in [-0.1, -0.05) is 43.0 Å². The molecule has 1 saturated carbocycles. The van der Waals surface area contributed by atoms with Crippen LogP contribution in [0.5, 0.6) is 0 Å². The van der Waals surface area contributed by atoms with Crippen LogP contribution >= 0.6 is 11.6 Å². The number of halogens is 1. The smallest absolute Gasteiger partial charge is 0.326 e. The number of benzene rings is 1. The van der Waals surface area contributed by atoms with E-state index in [4.69, 9.17) is 16.3 Å². The summed E-state index contributed by atoms with van der Waals surface area (Å²) in [5, 5.41) is 5.64. The number of ether oxygens (including phenoxy) is 1. The molecule has 0 radical (unpaired) electrons. The second-order valence-corrected chi connectivity index (χ2v) is 6.55. The molecule has 0 saturated heterocycles. The third kappa shape index (κ3) is 6.05. The first kappa shape index (κ1) is 19.2. The molecule has 0 spiro atoms. The van der Waals surface area contributed by atoms with Gasteiger partial charge in [0.25, 0.3) is 11.8 Å². The van der Waals surface area contributed by atoms with Gasteiger partial charge in [-0.3, -0.25) is 14.4 Å². The van der Waals surface area contributed by atoms with Crippen LogP contribution in [-0.2, 0) is 14.3 Å². The molecule has 1 atom stereocenters. The van der Waals surface area contributed by atoms with Gasteiger partial charge in [-0.2, -0.15) is 0 Å². The van der Waals surface area contributed by atoms with E-state index in [1.54, 1.807) is 24.3 Å². The predicted molar refractivity (Wildman–Crippen MR) is 94.4 cm³/mol. The van der Waals surface area contributed by atoms with Crippen LogP contribution in [-0.4, -0.2) is 36.5 Å². The summed E-state index contributed by atoms with van der Waals surface area (Å²) < 4.78 is 5.07. The van der Waals surface area contributed by atoms with Gasteiger partial charge >= 0.3 is 5.97 Å². The average molecular weight is 367 g/mol. The monoisotopic (exact) mass is 366 g/mol. The fraction of sp³-hybridized carbons (Fsp3) is 0.500. The molecule has 1 aliphatic carbocycles. The van der Waals surface area contributed by atoms with Crippen LogP contribution < -0.4 is 10.6 Å². The van der Waals surface area contributed by atoms with Crippen LogP contribution in [0, 0.1) is 0 Å². The molecular weight excluding hydrogens is 344 g/mol. The van der Waals surface area contributed by atoms with Gasteiger partial charge in [0.15, 0.2) is 6.10 Å². The lowest BCUT2D eigenvalue weighted by Crippen LogP contribution is -2.43. The Morgan fingerprint density at radius 1 is 1.20 bits per heavy atom. The Bertz CT molecular complexity index is 629. The van der Waals surface area contributed by atoms with E-state index in [0.717, 1.165) is 25.7 Å². The summed E-state index contributed by atoms with van der Waals surface area (Å²) in [6.07, 6.45) is 4.43. The molecule has 0 bridgehead atoms. The van der Waals surface area contributed by atoms with Gasteiger partial charge in [-0.25, -0.2) is 0 Å². The third-order valence-electron chi connectivity index (χ3n) is 4.14. The number of rotatable bonds is 6. The Labute approximate surface area is 152 Å². The molecular formula is C18H23ClN2O4. The maximum Gasteiger partial charge on any atom is 0.326 e. The summed E-state index contributed by atoms with van der Waals surface area (Å²) in [6.45, 7) is 1.19. The van der Waals surface area contributed by atoms with Gasteiger partial charge in [0.2, 0.25) is 0 Å². The number of amides is 2. The topological polar surface area (TPSA) is 84.5 Å². The maximum absolute atomic E-state index is 12.1. The number of hydrogen-bond acceptors (Lipinski definition) is 4. The van der Waals surface area contributed by atoms with Gasteiger partial charge in [0, 0.05) is 6.04 Å². The van der Waals surface area contributed by atoms with Crippen molar-refractivity contribution in [1.29, 1.82) is 0 Å². The van der Waals surface area contributed by atoms with Crippen molar-refractivity contribution in [1.82, 2.24) is 10.6 Å². The fourth-order valence-electron chi connectivity index (χ4n) is 2.75. The molecule has 0 aromatic heterocycles. The Balaban J connectivity index is 1.74. The van der Waals surface area contributed by atoms with E-state index in [1.165, 1.54) is 13.3 Å². The highest BCUT2D eigenvalue weighted by Gasteiger charge is 2.22. The highest BCUT2D eigenvalue weighted by atomic mass is 35.5. The maximum atomic E-state index is 12.1. The number of carbonyl (C=O) groups is 3. The van der Waals surface area contributed by atoms with E-state index >= 15 is 0 Å². The highest BCUT2D eigenvalue weighted by Crippen LogP contribution is 2.17. The first-order chi connectivity index (χ1) is 12.0. The quantitative estimate of drug-likeness (QED) is 0.757. The van der Waals surface area contributed by atoms with E-state index in [-0.39, 0.29) is 24.1 Å². The molecule has 2 rings (SSSR count). The van der Waals surface area contributed by atoms with Crippen molar-refractivity contribution in [3.63, 3.8) is 0 Å². The summed E-state index contributed by atoms with van der Waals surface area (Å²) in [4.78, 5) is 35.8. The molecule has 6 nitrogen and oxygen atoms in total. The molecule has 7 heteroatoms. The minimum Gasteiger partial charge on any atom is -0.451 e. The molecule has 25 heavy (non-hydrogen) atoms. The first-order valence-corrected chi connectivity index (χ1v) is 8.87.